The molecule has 0 aromatic heterocycles. The summed E-state index contributed by atoms with van der Waals surface area (Å²) >= 11 is 0. The van der Waals surface area contributed by atoms with E-state index in [1.165, 1.54) is 0 Å². The molecule has 0 amide bonds. The highest BCUT2D eigenvalue weighted by molar-refractivity contribution is 7.84. The maximum atomic E-state index is 10.8. The lowest BCUT2D eigenvalue weighted by Gasteiger charge is -2.08. The number of nitrogens with zero attached hydrogens (tertiary/aromatic N) is 1. The minimum absolute atomic E-state index is 0.560. The molecule has 15 heavy (non-hydrogen) atoms. The third-order valence-corrected chi connectivity index (χ3v) is 2.67. The van der Waals surface area contributed by atoms with Crippen LogP contribution >= 0.6 is 0 Å². The fourth-order valence-electron chi connectivity index (χ4n) is 1.11. The van der Waals surface area contributed by atoms with Crippen LogP contribution in [0, 0.1) is 11.3 Å². The molecule has 0 saturated heterocycles. The van der Waals surface area contributed by atoms with Crippen LogP contribution in [0.1, 0.15) is 5.56 Å². The van der Waals surface area contributed by atoms with Crippen molar-refractivity contribution in [2.45, 2.75) is 0 Å². The molecule has 4 nitrogen and oxygen atoms in total. The molecule has 0 fully saturated rings. The van der Waals surface area contributed by atoms with E-state index in [2.05, 4.69) is 5.32 Å². The Morgan fingerprint density at radius 3 is 2.93 bits per heavy atom. The fraction of sp³-hybridized carbons (Fsp3) is 0.300. The van der Waals surface area contributed by atoms with Crippen LogP contribution in [0.3, 0.4) is 0 Å². The summed E-state index contributed by atoms with van der Waals surface area (Å²) in [4.78, 5) is 0. The van der Waals surface area contributed by atoms with E-state index in [0.29, 0.717) is 23.5 Å². The first kappa shape index (κ1) is 11.5. The smallest absolute Gasteiger partial charge is 0.0992 e. The Morgan fingerprint density at radius 1 is 1.60 bits per heavy atom. The Bertz CT molecular complexity index is 412. The molecule has 0 aliphatic carbocycles. The Balaban J connectivity index is 2.68. The SMILES string of the molecule is CS(=O)CCNc1cc(C#N)ccc1N. The molecule has 1 unspecified atom stereocenters. The minimum atomic E-state index is -0.821. The minimum Gasteiger partial charge on any atom is -0.397 e. The number of hydrogen-bond acceptors (Lipinski definition) is 4. The average molecular weight is 223 g/mol. The molecular weight excluding hydrogens is 210 g/mol. The molecule has 5 heteroatoms. The Labute approximate surface area is 91.5 Å². The largest absolute Gasteiger partial charge is 0.397 e. The molecule has 0 saturated carbocycles. The summed E-state index contributed by atoms with van der Waals surface area (Å²) in [6.07, 6.45) is 1.65. The lowest BCUT2D eigenvalue weighted by molar-refractivity contribution is 0.687. The molecule has 1 rings (SSSR count). The van der Waals surface area contributed by atoms with E-state index in [1.807, 2.05) is 6.07 Å². The number of nitrogen functional groups attached to an aromatic ring is 1. The highest BCUT2D eigenvalue weighted by atomic mass is 32.2. The number of hydrogen-bond donors (Lipinski definition) is 2. The zero-order valence-electron chi connectivity index (χ0n) is 8.49. The number of nitrogens with two attached hydrogens (primary N) is 1. The third kappa shape index (κ3) is 3.60. The first-order valence-electron chi connectivity index (χ1n) is 4.47. The summed E-state index contributed by atoms with van der Waals surface area (Å²) in [5.41, 5.74) is 7.59. The fourth-order valence-corrected chi connectivity index (χ4v) is 1.50. The lowest BCUT2D eigenvalue weighted by atomic mass is 10.2. The maximum absolute atomic E-state index is 10.8. The first-order chi connectivity index (χ1) is 7.13. The van der Waals surface area contributed by atoms with E-state index < -0.39 is 10.8 Å². The topological polar surface area (TPSA) is 78.9 Å². The predicted octanol–water partition coefficient (Wildman–Crippen LogP) is 0.931. The van der Waals surface area contributed by atoms with Gasteiger partial charge in [-0.3, -0.25) is 4.21 Å². The van der Waals surface area contributed by atoms with Crippen molar-refractivity contribution in [1.82, 2.24) is 0 Å². The van der Waals surface area contributed by atoms with Crippen molar-refractivity contribution in [3.8, 4) is 6.07 Å². The molecule has 1 aromatic rings. The van der Waals surface area contributed by atoms with Crippen molar-refractivity contribution < 1.29 is 4.21 Å². The van der Waals surface area contributed by atoms with E-state index in [1.54, 1.807) is 24.5 Å². The highest BCUT2D eigenvalue weighted by Crippen LogP contribution is 2.19. The zero-order valence-corrected chi connectivity index (χ0v) is 9.30. The van der Waals surface area contributed by atoms with Crippen molar-refractivity contribution in [3.63, 3.8) is 0 Å². The summed E-state index contributed by atoms with van der Waals surface area (Å²) in [6, 6.07) is 7.08. The zero-order chi connectivity index (χ0) is 11.3. The molecular formula is C10H13N3OS. The van der Waals surface area contributed by atoms with Crippen LogP contribution in [0.2, 0.25) is 0 Å². The summed E-state index contributed by atoms with van der Waals surface area (Å²) in [5.74, 6) is 0.566. The van der Waals surface area contributed by atoms with Crippen LogP contribution in [0.25, 0.3) is 0 Å². The summed E-state index contributed by atoms with van der Waals surface area (Å²) in [5, 5.41) is 11.7. The normalized spacial score (nSPS) is 11.7. The van der Waals surface area contributed by atoms with Crippen LogP contribution in [0.15, 0.2) is 18.2 Å². The molecule has 1 atom stereocenters. The van der Waals surface area contributed by atoms with Crippen molar-refractivity contribution in [2.24, 2.45) is 0 Å². The van der Waals surface area contributed by atoms with Gasteiger partial charge in [0.15, 0.2) is 0 Å². The van der Waals surface area contributed by atoms with Crippen LogP contribution in [0.5, 0.6) is 0 Å². The highest BCUT2D eigenvalue weighted by Gasteiger charge is 2.00. The molecule has 0 aliphatic rings. The van der Waals surface area contributed by atoms with Crippen molar-refractivity contribution in [3.05, 3.63) is 23.8 Å². The number of rotatable bonds is 4. The third-order valence-electron chi connectivity index (χ3n) is 1.89. The Morgan fingerprint density at radius 2 is 2.33 bits per heavy atom. The average Bonchev–Trinajstić information content (AvgIpc) is 2.20. The van der Waals surface area contributed by atoms with Gasteiger partial charge in [0, 0.05) is 29.4 Å². The summed E-state index contributed by atoms with van der Waals surface area (Å²) < 4.78 is 10.8. The van der Waals surface area contributed by atoms with Gasteiger partial charge < -0.3 is 11.1 Å². The van der Waals surface area contributed by atoms with E-state index in [0.717, 1.165) is 5.69 Å². The first-order valence-corrected chi connectivity index (χ1v) is 6.19. The quantitative estimate of drug-likeness (QED) is 0.744. The van der Waals surface area contributed by atoms with Crippen molar-refractivity contribution in [1.29, 1.82) is 5.26 Å². The van der Waals surface area contributed by atoms with Crippen molar-refractivity contribution >= 4 is 22.2 Å². The molecule has 0 spiro atoms. The van der Waals surface area contributed by atoms with E-state index in [-0.39, 0.29) is 0 Å². The van der Waals surface area contributed by atoms with Gasteiger partial charge in [-0.2, -0.15) is 5.26 Å². The van der Waals surface area contributed by atoms with Crippen LogP contribution in [0.4, 0.5) is 11.4 Å². The Kier molecular flexibility index (Phi) is 4.13. The van der Waals surface area contributed by atoms with Gasteiger partial charge in [-0.25, -0.2) is 0 Å². The number of nitriles is 1. The van der Waals surface area contributed by atoms with Gasteiger partial charge in [0.2, 0.25) is 0 Å². The molecule has 0 heterocycles. The molecule has 80 valence electrons. The van der Waals surface area contributed by atoms with Gasteiger partial charge in [-0.1, -0.05) is 0 Å². The van der Waals surface area contributed by atoms with E-state index in [9.17, 15) is 4.21 Å². The number of nitrogens with one attached hydrogen (secondary N) is 1. The summed E-state index contributed by atoms with van der Waals surface area (Å²) in [7, 11) is -0.821. The van der Waals surface area contributed by atoms with Crippen molar-refractivity contribution in [2.75, 3.05) is 29.6 Å². The molecule has 0 bridgehead atoms. The van der Waals surface area contributed by atoms with E-state index >= 15 is 0 Å². The van der Waals surface area contributed by atoms with Crippen LogP contribution in [-0.2, 0) is 10.8 Å². The molecule has 1 aromatic carbocycles. The second-order valence-electron chi connectivity index (χ2n) is 3.12. The summed E-state index contributed by atoms with van der Waals surface area (Å²) in [6.45, 7) is 0.586. The van der Waals surface area contributed by atoms with Gasteiger partial charge in [0.25, 0.3) is 0 Å². The second-order valence-corrected chi connectivity index (χ2v) is 4.67. The van der Waals surface area contributed by atoms with Gasteiger partial charge in [-0.15, -0.1) is 0 Å². The van der Waals surface area contributed by atoms with E-state index in [4.69, 9.17) is 11.0 Å². The lowest BCUT2D eigenvalue weighted by Crippen LogP contribution is -2.11. The monoisotopic (exact) mass is 223 g/mol. The van der Waals surface area contributed by atoms with Gasteiger partial charge in [0.1, 0.15) is 0 Å². The molecule has 3 N–H and O–H groups in total. The molecule has 0 aliphatic heterocycles. The van der Waals surface area contributed by atoms with Gasteiger partial charge in [-0.05, 0) is 18.2 Å². The molecule has 0 radical (unpaired) electrons. The number of benzene rings is 1. The Hall–Kier alpha value is -1.54. The van der Waals surface area contributed by atoms with Crippen LogP contribution < -0.4 is 11.1 Å². The van der Waals surface area contributed by atoms with Gasteiger partial charge in [0.05, 0.1) is 23.0 Å². The van der Waals surface area contributed by atoms with Crippen LogP contribution in [-0.4, -0.2) is 22.8 Å². The maximum Gasteiger partial charge on any atom is 0.0992 e. The van der Waals surface area contributed by atoms with Gasteiger partial charge >= 0.3 is 0 Å². The standard InChI is InChI=1S/C10H13N3OS/c1-15(14)5-4-13-10-6-8(7-11)2-3-9(10)12/h2-3,6,13H,4-5,12H2,1H3. The predicted molar refractivity (Wildman–Crippen MR) is 63.0 cm³/mol. The second kappa shape index (κ2) is 5.37. The number of anilines is 2.